The fourth-order valence-electron chi connectivity index (χ4n) is 8.29. The van der Waals surface area contributed by atoms with Gasteiger partial charge in [0.15, 0.2) is 0 Å². The van der Waals surface area contributed by atoms with Crippen LogP contribution < -0.4 is 0 Å². The van der Waals surface area contributed by atoms with Gasteiger partial charge in [0.1, 0.15) is 18.8 Å². The van der Waals surface area contributed by atoms with Gasteiger partial charge in [-0.25, -0.2) is 24.0 Å². The van der Waals surface area contributed by atoms with Crippen molar-refractivity contribution in [3.05, 3.63) is 48.6 Å². The van der Waals surface area contributed by atoms with E-state index in [-0.39, 0.29) is 80.0 Å². The van der Waals surface area contributed by atoms with E-state index >= 15 is 0 Å². The van der Waals surface area contributed by atoms with E-state index in [2.05, 4.69) is 36.6 Å². The highest BCUT2D eigenvalue weighted by molar-refractivity contribution is 5.91. The Morgan fingerprint density at radius 1 is 0.750 bits per heavy atom. The first-order valence-corrected chi connectivity index (χ1v) is 18.3. The second-order valence-corrected chi connectivity index (χ2v) is 16.1. The molecule has 4 saturated heterocycles. The zero-order valence-electron chi connectivity index (χ0n) is 31.6. The molecule has 4 bridgehead atoms. The first-order valence-electron chi connectivity index (χ1n) is 18.3. The first-order chi connectivity index (χ1) is 25.3. The fourth-order valence-corrected chi connectivity index (χ4v) is 8.29. The van der Waals surface area contributed by atoms with Crippen molar-refractivity contribution in [2.24, 2.45) is 40.4 Å². The summed E-state index contributed by atoms with van der Waals surface area (Å²) in [7, 11) is 0. The summed E-state index contributed by atoms with van der Waals surface area (Å²) in [5, 5.41) is 0. The molecule has 8 rings (SSSR count). The molecule has 14 nitrogen and oxygen atoms in total. The third-order valence-electron chi connectivity index (χ3n) is 11.3. The van der Waals surface area contributed by atoms with Crippen LogP contribution in [0.2, 0.25) is 0 Å². The van der Waals surface area contributed by atoms with Gasteiger partial charge in [0.05, 0.1) is 24.5 Å². The van der Waals surface area contributed by atoms with Gasteiger partial charge in [-0.15, -0.1) is 0 Å². The molecule has 0 aromatic rings. The number of esters is 7. The van der Waals surface area contributed by atoms with E-state index in [9.17, 15) is 33.6 Å². The smallest absolute Gasteiger partial charge is 0.348 e. The summed E-state index contributed by atoms with van der Waals surface area (Å²) >= 11 is 0. The molecule has 4 aliphatic carbocycles. The molecular formula is C42H58O14. The van der Waals surface area contributed by atoms with Crippen LogP contribution in [0.5, 0.6) is 0 Å². The van der Waals surface area contributed by atoms with Crippen LogP contribution in [0.25, 0.3) is 0 Å². The number of carbonyl (C=O) groups is 7. The summed E-state index contributed by atoms with van der Waals surface area (Å²) in [5.74, 6) is -0.652. The predicted molar refractivity (Wildman–Crippen MR) is 201 cm³/mol. The molecule has 0 radical (unpaired) electrons. The maximum atomic E-state index is 11.5. The molecule has 7 fully saturated rings. The quantitative estimate of drug-likeness (QED) is 0.146. The van der Waals surface area contributed by atoms with Gasteiger partial charge >= 0.3 is 41.8 Å². The highest BCUT2D eigenvalue weighted by Crippen LogP contribution is 2.57. The molecule has 8 aliphatic rings. The minimum Gasteiger partial charge on any atom is -0.465 e. The lowest BCUT2D eigenvalue weighted by molar-refractivity contribution is -0.160. The topological polar surface area (TPSA) is 184 Å². The maximum Gasteiger partial charge on any atom is 0.348 e. The van der Waals surface area contributed by atoms with Gasteiger partial charge in [0.25, 0.3) is 0 Å². The third-order valence-corrected chi connectivity index (χ3v) is 11.3. The van der Waals surface area contributed by atoms with E-state index in [1.807, 2.05) is 13.8 Å². The van der Waals surface area contributed by atoms with Crippen LogP contribution in [-0.4, -0.2) is 86.0 Å². The predicted octanol–water partition coefficient (Wildman–Crippen LogP) is 5.32. The fraction of sp³-hybridized carbons (Fsp3) is 0.643. The molecule has 0 N–H and O–H groups in total. The van der Waals surface area contributed by atoms with Crippen LogP contribution in [0, 0.1) is 40.4 Å². The molecule has 310 valence electrons. The second-order valence-electron chi connectivity index (χ2n) is 16.1. The lowest BCUT2D eigenvalue weighted by atomic mass is 9.75. The van der Waals surface area contributed by atoms with E-state index in [4.69, 9.17) is 28.4 Å². The number of carbonyl (C=O) groups excluding carboxylic acids is 7. The number of ether oxygens (including phenoxy) is 7. The van der Waals surface area contributed by atoms with Gasteiger partial charge < -0.3 is 33.2 Å². The van der Waals surface area contributed by atoms with Crippen LogP contribution in [-0.2, 0) is 66.7 Å². The van der Waals surface area contributed by atoms with Gasteiger partial charge in [-0.3, -0.25) is 9.59 Å². The first kappa shape index (κ1) is 45.6. The van der Waals surface area contributed by atoms with Crippen molar-refractivity contribution in [1.29, 1.82) is 0 Å². The van der Waals surface area contributed by atoms with E-state index in [0.29, 0.717) is 43.0 Å². The Labute approximate surface area is 329 Å². The van der Waals surface area contributed by atoms with Gasteiger partial charge in [0.2, 0.25) is 12.2 Å². The van der Waals surface area contributed by atoms with Crippen LogP contribution >= 0.6 is 0 Å². The number of cyclic esters (lactones) is 3. The molecule has 0 aromatic heterocycles. The summed E-state index contributed by atoms with van der Waals surface area (Å²) in [6.07, 6.45) is 7.92. The number of rotatable bonds is 6. The van der Waals surface area contributed by atoms with E-state index in [1.54, 1.807) is 6.92 Å². The van der Waals surface area contributed by atoms with Crippen molar-refractivity contribution in [3.8, 4) is 0 Å². The Bertz CT molecular complexity index is 1660. The maximum absolute atomic E-state index is 11.5. The number of hydrogen-bond donors (Lipinski definition) is 0. The lowest BCUT2D eigenvalue weighted by Gasteiger charge is -2.25. The SMILES string of the molecule is C.C.C=C(C)C(=O)OC1C(=O)OCC1(C)C.C=C(C)C(=O)OC1C2CC3C(=O)OC1C3C2.C=C(C)C(=O)OC1CCOC1=O.O=C1OCCC12CC1C=CC2C1. The van der Waals surface area contributed by atoms with E-state index < -0.39 is 41.5 Å². The Hall–Kier alpha value is -4.75. The van der Waals surface area contributed by atoms with E-state index in [1.165, 1.54) is 20.3 Å². The Balaban J connectivity index is 0.000000199. The minimum atomic E-state index is -0.813. The summed E-state index contributed by atoms with van der Waals surface area (Å²) in [5.41, 5.74) is 0.417. The molecule has 10 atom stereocenters. The van der Waals surface area contributed by atoms with Gasteiger partial charge in [0, 0.05) is 40.4 Å². The highest BCUT2D eigenvalue weighted by Gasteiger charge is 2.63. The Morgan fingerprint density at radius 3 is 1.86 bits per heavy atom. The summed E-state index contributed by atoms with van der Waals surface area (Å²) in [6, 6.07) is 0. The van der Waals surface area contributed by atoms with Crippen LogP contribution in [0.3, 0.4) is 0 Å². The molecule has 1 spiro atoms. The van der Waals surface area contributed by atoms with Crippen molar-refractivity contribution in [1.82, 2.24) is 0 Å². The van der Waals surface area contributed by atoms with Gasteiger partial charge in [-0.05, 0) is 64.7 Å². The summed E-state index contributed by atoms with van der Waals surface area (Å²) in [4.78, 5) is 78.6. The minimum absolute atomic E-state index is 0. The number of hydrogen-bond acceptors (Lipinski definition) is 14. The average Bonchev–Trinajstić information content (AvgIpc) is 3.99. The van der Waals surface area contributed by atoms with Crippen molar-refractivity contribution < 1.29 is 66.7 Å². The van der Waals surface area contributed by atoms with Crippen LogP contribution in [0.4, 0.5) is 0 Å². The van der Waals surface area contributed by atoms with Crippen LogP contribution in [0.15, 0.2) is 48.6 Å². The largest absolute Gasteiger partial charge is 0.465 e. The molecule has 0 aromatic carbocycles. The van der Waals surface area contributed by atoms with E-state index in [0.717, 1.165) is 25.7 Å². The van der Waals surface area contributed by atoms with Crippen LogP contribution in [0.1, 0.15) is 88.0 Å². The average molecular weight is 787 g/mol. The summed E-state index contributed by atoms with van der Waals surface area (Å²) < 4.78 is 34.9. The highest BCUT2D eigenvalue weighted by atomic mass is 16.6. The molecule has 3 saturated carbocycles. The van der Waals surface area contributed by atoms with Crippen molar-refractivity contribution in [2.75, 3.05) is 19.8 Å². The second kappa shape index (κ2) is 18.0. The Kier molecular flexibility index (Phi) is 14.7. The third kappa shape index (κ3) is 9.43. The van der Waals surface area contributed by atoms with Crippen molar-refractivity contribution >= 4 is 41.8 Å². The number of fused-ring (bicyclic) bond motifs is 4. The van der Waals surface area contributed by atoms with Crippen molar-refractivity contribution in [2.45, 2.75) is 112 Å². The summed E-state index contributed by atoms with van der Waals surface area (Å²) in [6.45, 7) is 20.0. The lowest BCUT2D eigenvalue weighted by Crippen LogP contribution is -2.36. The number of allylic oxidation sites excluding steroid dienone is 2. The monoisotopic (exact) mass is 786 g/mol. The zero-order chi connectivity index (χ0) is 39.7. The standard InChI is InChI=1S/C12H14O4.C10H14O4.C10H12O2.C8H10O4.2CH4/c1-5(2)11(13)15-9-6-3-7-8(4-6)12(14)16-10(7)9;1-6(2)8(11)14-7-9(12)13-5-10(7,3)4;11-9-10(3-4-12-9)6-7-1-2-8(10)5-7;1-5(2)7(9)12-6-3-4-11-8(6)10;;/h6-10H,1,3-4H2,2H3;7H,1,5H2,2-4H3;1-2,7-8H,3-6H2;6H,1,3-4H2,2H3;2*1H4. The Morgan fingerprint density at radius 2 is 1.38 bits per heavy atom. The molecule has 14 heteroatoms. The molecule has 0 amide bonds. The molecular weight excluding hydrogens is 728 g/mol. The van der Waals surface area contributed by atoms with Gasteiger partial charge in [-0.1, -0.05) is 60.6 Å². The molecule has 56 heavy (non-hydrogen) atoms. The zero-order valence-corrected chi connectivity index (χ0v) is 31.6. The van der Waals surface area contributed by atoms with Crippen molar-refractivity contribution in [3.63, 3.8) is 0 Å². The molecule has 10 unspecified atom stereocenters. The molecule has 4 aliphatic heterocycles. The molecule has 4 heterocycles. The van der Waals surface area contributed by atoms with Gasteiger partial charge in [-0.2, -0.15) is 0 Å². The normalized spacial score (nSPS) is 33.6.